The zero-order chi connectivity index (χ0) is 12.5. The summed E-state index contributed by atoms with van der Waals surface area (Å²) in [4.78, 5) is 12.3. The van der Waals surface area contributed by atoms with Crippen LogP contribution in [0.15, 0.2) is 24.3 Å². The first kappa shape index (κ1) is 11.5. The van der Waals surface area contributed by atoms with Gasteiger partial charge in [0.15, 0.2) is 0 Å². The average Bonchev–Trinajstić information content (AvgIpc) is 3.29. The molecule has 4 nitrogen and oxygen atoms in total. The zero-order valence-corrected chi connectivity index (χ0v) is 10.4. The number of nitrogens with two attached hydrogens (primary N) is 1. The van der Waals surface area contributed by atoms with Crippen molar-refractivity contribution < 1.29 is 4.79 Å². The molecular formula is C14H19N3O. The largest absolute Gasteiger partial charge is 0.349 e. The molecule has 2 aliphatic rings. The quantitative estimate of drug-likeness (QED) is 0.548. The number of carbonyl (C=O) groups excluding carboxylic acids is 1. The van der Waals surface area contributed by atoms with Crippen LogP contribution in [0.25, 0.3) is 0 Å². The number of hydrazine groups is 1. The topological polar surface area (TPSA) is 67.1 Å². The van der Waals surface area contributed by atoms with Crippen molar-refractivity contribution in [3.63, 3.8) is 0 Å². The minimum atomic E-state index is -0.00708. The molecule has 18 heavy (non-hydrogen) atoms. The Balaban J connectivity index is 1.73. The van der Waals surface area contributed by atoms with E-state index in [1.807, 2.05) is 18.2 Å². The monoisotopic (exact) mass is 245 g/mol. The molecule has 3 rings (SSSR count). The lowest BCUT2D eigenvalue weighted by atomic mass is 10.1. The maximum Gasteiger partial charge on any atom is 0.253 e. The highest BCUT2D eigenvalue weighted by atomic mass is 16.1. The number of carbonyl (C=O) groups is 1. The smallest absolute Gasteiger partial charge is 0.253 e. The minimum Gasteiger partial charge on any atom is -0.349 e. The van der Waals surface area contributed by atoms with Gasteiger partial charge in [0, 0.05) is 6.04 Å². The molecule has 0 atom stereocenters. The second-order valence-corrected chi connectivity index (χ2v) is 5.36. The Hall–Kier alpha value is -1.55. The van der Waals surface area contributed by atoms with E-state index in [9.17, 15) is 4.79 Å². The molecule has 96 valence electrons. The second-order valence-electron chi connectivity index (χ2n) is 5.36. The number of amides is 1. The standard InChI is InChI=1S/C14H19N3O/c15-17-12-4-2-1-3-11(12)14(18)16-13(9-5-6-9)10-7-8-10/h1-4,9-10,13,17H,5-8,15H2,(H,16,18). The third kappa shape index (κ3) is 2.34. The van der Waals surface area contributed by atoms with Crippen LogP contribution >= 0.6 is 0 Å². The van der Waals surface area contributed by atoms with Gasteiger partial charge in [-0.25, -0.2) is 0 Å². The normalized spacial score (nSPS) is 18.8. The molecule has 2 aliphatic carbocycles. The van der Waals surface area contributed by atoms with Crippen LogP contribution in [0.5, 0.6) is 0 Å². The average molecular weight is 245 g/mol. The molecular weight excluding hydrogens is 226 g/mol. The molecule has 1 aromatic carbocycles. The third-order valence-electron chi connectivity index (χ3n) is 3.88. The van der Waals surface area contributed by atoms with Crippen molar-refractivity contribution >= 4 is 11.6 Å². The van der Waals surface area contributed by atoms with E-state index < -0.39 is 0 Å². The Morgan fingerprint density at radius 1 is 1.17 bits per heavy atom. The summed E-state index contributed by atoms with van der Waals surface area (Å²) in [5, 5.41) is 3.20. The van der Waals surface area contributed by atoms with Crippen LogP contribution in [0.1, 0.15) is 36.0 Å². The minimum absolute atomic E-state index is 0.00708. The molecule has 2 fully saturated rings. The molecule has 0 heterocycles. The maximum absolute atomic E-state index is 12.3. The fraction of sp³-hybridized carbons (Fsp3) is 0.500. The molecule has 4 heteroatoms. The van der Waals surface area contributed by atoms with E-state index in [-0.39, 0.29) is 5.91 Å². The summed E-state index contributed by atoms with van der Waals surface area (Å²) in [7, 11) is 0. The van der Waals surface area contributed by atoms with Gasteiger partial charge in [0.05, 0.1) is 11.3 Å². The van der Waals surface area contributed by atoms with Crippen molar-refractivity contribution in [2.75, 3.05) is 5.43 Å². The molecule has 0 unspecified atom stereocenters. The number of anilines is 1. The number of hydrogen-bond donors (Lipinski definition) is 3. The fourth-order valence-corrected chi connectivity index (χ4v) is 2.57. The van der Waals surface area contributed by atoms with Gasteiger partial charge in [0.25, 0.3) is 5.91 Å². The molecule has 1 amide bonds. The van der Waals surface area contributed by atoms with Gasteiger partial charge >= 0.3 is 0 Å². The number of hydrogen-bond acceptors (Lipinski definition) is 3. The Kier molecular flexibility index (Phi) is 2.96. The van der Waals surface area contributed by atoms with Gasteiger partial charge < -0.3 is 10.7 Å². The number of nitrogens with one attached hydrogen (secondary N) is 2. The first-order valence-corrected chi connectivity index (χ1v) is 6.66. The fourth-order valence-electron chi connectivity index (χ4n) is 2.57. The van der Waals surface area contributed by atoms with Crippen LogP contribution in [0, 0.1) is 11.8 Å². The number of para-hydroxylation sites is 1. The van der Waals surface area contributed by atoms with Gasteiger partial charge in [-0.15, -0.1) is 0 Å². The van der Waals surface area contributed by atoms with Gasteiger partial charge in [-0.1, -0.05) is 12.1 Å². The summed E-state index contributed by atoms with van der Waals surface area (Å²) in [5.74, 6) is 6.84. The van der Waals surface area contributed by atoms with Crippen molar-refractivity contribution in [1.29, 1.82) is 0 Å². The molecule has 0 bridgehead atoms. The summed E-state index contributed by atoms with van der Waals surface area (Å²) in [6, 6.07) is 7.73. The molecule has 0 saturated heterocycles. The highest BCUT2D eigenvalue weighted by Crippen LogP contribution is 2.44. The predicted molar refractivity (Wildman–Crippen MR) is 71.0 cm³/mol. The summed E-state index contributed by atoms with van der Waals surface area (Å²) in [6.45, 7) is 0. The molecule has 0 spiro atoms. The number of nitrogen functional groups attached to an aromatic ring is 1. The first-order valence-electron chi connectivity index (χ1n) is 6.66. The zero-order valence-electron chi connectivity index (χ0n) is 10.4. The Morgan fingerprint density at radius 2 is 1.78 bits per heavy atom. The van der Waals surface area contributed by atoms with Crippen LogP contribution < -0.4 is 16.6 Å². The number of benzene rings is 1. The van der Waals surface area contributed by atoms with E-state index in [4.69, 9.17) is 5.84 Å². The van der Waals surface area contributed by atoms with Gasteiger partial charge in [0.1, 0.15) is 0 Å². The summed E-state index contributed by atoms with van der Waals surface area (Å²) >= 11 is 0. The van der Waals surface area contributed by atoms with E-state index in [0.29, 0.717) is 29.1 Å². The van der Waals surface area contributed by atoms with Gasteiger partial charge in [-0.3, -0.25) is 10.6 Å². The van der Waals surface area contributed by atoms with Crippen LogP contribution in [0.4, 0.5) is 5.69 Å². The molecule has 0 aromatic heterocycles. The Bertz CT molecular complexity index is 440. The lowest BCUT2D eigenvalue weighted by Crippen LogP contribution is -2.38. The summed E-state index contributed by atoms with van der Waals surface area (Å²) in [5.41, 5.74) is 3.89. The summed E-state index contributed by atoms with van der Waals surface area (Å²) in [6.07, 6.45) is 5.05. The van der Waals surface area contributed by atoms with E-state index in [1.54, 1.807) is 6.07 Å². The highest BCUT2D eigenvalue weighted by molar-refractivity contribution is 5.99. The van der Waals surface area contributed by atoms with Crippen LogP contribution in [0.2, 0.25) is 0 Å². The first-order chi connectivity index (χ1) is 8.79. The van der Waals surface area contributed by atoms with Gasteiger partial charge in [-0.2, -0.15) is 0 Å². The number of rotatable bonds is 5. The van der Waals surface area contributed by atoms with Gasteiger partial charge in [-0.05, 0) is 49.7 Å². The van der Waals surface area contributed by atoms with Crippen LogP contribution in [0.3, 0.4) is 0 Å². The van der Waals surface area contributed by atoms with Crippen molar-refractivity contribution in [2.24, 2.45) is 17.7 Å². The SMILES string of the molecule is NNc1ccccc1C(=O)NC(C1CC1)C1CC1. The van der Waals surface area contributed by atoms with E-state index in [0.717, 1.165) is 0 Å². The highest BCUT2D eigenvalue weighted by Gasteiger charge is 2.42. The molecule has 0 aliphatic heterocycles. The lowest BCUT2D eigenvalue weighted by molar-refractivity contribution is 0.0927. The maximum atomic E-state index is 12.3. The van der Waals surface area contributed by atoms with E-state index in [1.165, 1.54) is 25.7 Å². The van der Waals surface area contributed by atoms with E-state index >= 15 is 0 Å². The second kappa shape index (κ2) is 4.61. The molecule has 1 aromatic rings. The van der Waals surface area contributed by atoms with Crippen molar-refractivity contribution in [3.05, 3.63) is 29.8 Å². The Morgan fingerprint density at radius 3 is 2.33 bits per heavy atom. The van der Waals surface area contributed by atoms with Crippen LogP contribution in [-0.2, 0) is 0 Å². The molecule has 4 N–H and O–H groups in total. The van der Waals surface area contributed by atoms with Crippen molar-refractivity contribution in [1.82, 2.24) is 5.32 Å². The lowest BCUT2D eigenvalue weighted by Gasteiger charge is -2.18. The van der Waals surface area contributed by atoms with Crippen molar-refractivity contribution in [2.45, 2.75) is 31.7 Å². The van der Waals surface area contributed by atoms with Crippen LogP contribution in [-0.4, -0.2) is 11.9 Å². The Labute approximate surface area is 107 Å². The predicted octanol–water partition coefficient (Wildman–Crippen LogP) is 1.89. The molecule has 2 saturated carbocycles. The summed E-state index contributed by atoms with van der Waals surface area (Å²) < 4.78 is 0. The molecule has 0 radical (unpaired) electrons. The third-order valence-corrected chi connectivity index (χ3v) is 3.88. The van der Waals surface area contributed by atoms with Crippen molar-refractivity contribution in [3.8, 4) is 0 Å². The van der Waals surface area contributed by atoms with E-state index in [2.05, 4.69) is 10.7 Å². The van der Waals surface area contributed by atoms with Gasteiger partial charge in [0.2, 0.25) is 0 Å².